The fourth-order valence-corrected chi connectivity index (χ4v) is 4.97. The van der Waals surface area contributed by atoms with Gasteiger partial charge in [-0.3, -0.25) is 0 Å². The first-order valence-electron chi connectivity index (χ1n) is 10.3. The van der Waals surface area contributed by atoms with Crippen molar-refractivity contribution in [2.24, 2.45) is 11.3 Å². The second kappa shape index (κ2) is 8.09. The Morgan fingerprint density at radius 2 is 1.93 bits per heavy atom. The molecule has 2 aromatic rings. The molecular formula is C24H26FNO4. The van der Waals surface area contributed by atoms with Gasteiger partial charge in [0.25, 0.3) is 0 Å². The number of piperidine rings is 1. The van der Waals surface area contributed by atoms with Crippen molar-refractivity contribution < 1.29 is 23.8 Å². The molecule has 0 spiro atoms. The van der Waals surface area contributed by atoms with Crippen LogP contribution in [0, 0.1) is 17.2 Å². The zero-order valence-electron chi connectivity index (χ0n) is 17.0. The average molecular weight is 411 g/mol. The van der Waals surface area contributed by atoms with Crippen molar-refractivity contribution in [2.45, 2.75) is 38.1 Å². The van der Waals surface area contributed by atoms with Crippen LogP contribution in [0.1, 0.15) is 53.2 Å². The lowest BCUT2D eigenvalue weighted by molar-refractivity contribution is 0.0593. The monoisotopic (exact) mass is 411 g/mol. The molecule has 2 fully saturated rings. The van der Waals surface area contributed by atoms with Crippen molar-refractivity contribution in [3.63, 3.8) is 0 Å². The lowest BCUT2D eigenvalue weighted by Gasteiger charge is -2.41. The third-order valence-electron chi connectivity index (χ3n) is 6.79. The van der Waals surface area contributed by atoms with E-state index in [0.717, 1.165) is 25.7 Å². The number of ether oxygens (including phenoxy) is 1. The van der Waals surface area contributed by atoms with Crippen molar-refractivity contribution in [1.82, 2.24) is 4.90 Å². The number of methoxy groups -OCH3 is 1. The van der Waals surface area contributed by atoms with Crippen LogP contribution in [0.5, 0.6) is 0 Å². The van der Waals surface area contributed by atoms with E-state index in [2.05, 4.69) is 16.9 Å². The van der Waals surface area contributed by atoms with Gasteiger partial charge in [-0.2, -0.15) is 0 Å². The number of carboxylic acid groups (broad SMARTS) is 1. The molecule has 1 amide bonds. The van der Waals surface area contributed by atoms with Crippen LogP contribution < -0.4 is 0 Å². The summed E-state index contributed by atoms with van der Waals surface area (Å²) in [6, 6.07) is 14.3. The molecule has 0 radical (unpaired) electrons. The van der Waals surface area contributed by atoms with Crippen LogP contribution in [0.2, 0.25) is 0 Å². The molecule has 2 aromatic carbocycles. The van der Waals surface area contributed by atoms with E-state index in [4.69, 9.17) is 0 Å². The summed E-state index contributed by atoms with van der Waals surface area (Å²) >= 11 is 0. The molecule has 30 heavy (non-hydrogen) atoms. The Balaban J connectivity index is 1.58. The molecule has 158 valence electrons. The van der Waals surface area contributed by atoms with Gasteiger partial charge in [-0.05, 0) is 66.7 Å². The Morgan fingerprint density at radius 1 is 1.20 bits per heavy atom. The van der Waals surface area contributed by atoms with Crippen LogP contribution in [0.4, 0.5) is 9.18 Å². The number of hydrogen-bond acceptors (Lipinski definition) is 3. The van der Waals surface area contributed by atoms with Gasteiger partial charge in [-0.1, -0.05) is 36.4 Å². The fourth-order valence-electron chi connectivity index (χ4n) is 4.97. The van der Waals surface area contributed by atoms with Gasteiger partial charge in [0.05, 0.1) is 18.7 Å². The van der Waals surface area contributed by atoms with E-state index >= 15 is 0 Å². The molecule has 1 aliphatic carbocycles. The minimum Gasteiger partial charge on any atom is -0.465 e. The number of carbonyl (C=O) groups excluding carboxylic acids is 1. The maximum absolute atomic E-state index is 14.5. The predicted molar refractivity (Wildman–Crippen MR) is 110 cm³/mol. The molecule has 5 nitrogen and oxygen atoms in total. The number of hydrogen-bond donors (Lipinski definition) is 1. The van der Waals surface area contributed by atoms with Crippen molar-refractivity contribution in [2.75, 3.05) is 13.7 Å². The number of carbonyl (C=O) groups is 2. The number of amides is 1. The largest absolute Gasteiger partial charge is 0.465 e. The third kappa shape index (κ3) is 3.91. The normalized spacial score (nSPS) is 22.4. The van der Waals surface area contributed by atoms with E-state index < -0.39 is 23.9 Å². The smallest absolute Gasteiger partial charge is 0.407 e. The van der Waals surface area contributed by atoms with Crippen LogP contribution in [0.15, 0.2) is 48.5 Å². The molecule has 4 rings (SSSR count). The van der Waals surface area contributed by atoms with Crippen molar-refractivity contribution in [3.8, 4) is 0 Å². The molecule has 0 aromatic heterocycles. The van der Waals surface area contributed by atoms with Gasteiger partial charge < -0.3 is 14.7 Å². The summed E-state index contributed by atoms with van der Waals surface area (Å²) in [5.74, 6) is -1.05. The molecule has 1 aliphatic heterocycles. The van der Waals surface area contributed by atoms with E-state index in [1.165, 1.54) is 29.7 Å². The van der Waals surface area contributed by atoms with Gasteiger partial charge in [-0.25, -0.2) is 14.0 Å². The van der Waals surface area contributed by atoms with Crippen molar-refractivity contribution >= 4 is 12.1 Å². The van der Waals surface area contributed by atoms with E-state index in [-0.39, 0.29) is 11.0 Å². The first-order chi connectivity index (χ1) is 14.4. The van der Waals surface area contributed by atoms with E-state index in [9.17, 15) is 19.1 Å². The molecule has 2 aliphatic rings. The standard InChI is InChI=1S/C24H26FNO4/c1-30-22(27)19-8-7-17(13-20(19)25)21-14-18(9-12-26(21)23(28)29)24(10-11-24)15-16-5-3-2-4-6-16/h2-8,13,18,21H,9-12,14-15H2,1H3,(H,28,29)/t18-,21+/m1/s1. The molecular weight excluding hydrogens is 385 g/mol. The molecule has 0 unspecified atom stereocenters. The van der Waals surface area contributed by atoms with Crippen LogP contribution >= 0.6 is 0 Å². The lowest BCUT2D eigenvalue weighted by atomic mass is 9.74. The highest BCUT2D eigenvalue weighted by molar-refractivity contribution is 5.89. The average Bonchev–Trinajstić information content (AvgIpc) is 3.54. The Labute approximate surface area is 175 Å². The zero-order valence-corrected chi connectivity index (χ0v) is 17.0. The van der Waals surface area contributed by atoms with Crippen molar-refractivity contribution in [3.05, 3.63) is 71.0 Å². The Hall–Kier alpha value is -2.89. The highest BCUT2D eigenvalue weighted by Crippen LogP contribution is 2.59. The highest BCUT2D eigenvalue weighted by atomic mass is 19.1. The molecule has 1 saturated heterocycles. The number of esters is 1. The van der Waals surface area contributed by atoms with Gasteiger partial charge in [-0.15, -0.1) is 0 Å². The van der Waals surface area contributed by atoms with Crippen molar-refractivity contribution in [1.29, 1.82) is 0 Å². The summed E-state index contributed by atoms with van der Waals surface area (Å²) < 4.78 is 19.1. The minimum atomic E-state index is -0.996. The van der Waals surface area contributed by atoms with Crippen LogP contribution in [-0.2, 0) is 11.2 Å². The Bertz CT molecular complexity index is 941. The summed E-state index contributed by atoms with van der Waals surface area (Å²) in [4.78, 5) is 25.0. The summed E-state index contributed by atoms with van der Waals surface area (Å²) in [7, 11) is 1.20. The fraction of sp³-hybridized carbons (Fsp3) is 0.417. The maximum Gasteiger partial charge on any atom is 0.407 e. The van der Waals surface area contributed by atoms with Gasteiger partial charge in [0.1, 0.15) is 5.82 Å². The molecule has 1 N–H and O–H groups in total. The number of likely N-dealkylation sites (tertiary alicyclic amines) is 1. The summed E-state index contributed by atoms with van der Waals surface area (Å²) in [5, 5.41) is 9.72. The second-order valence-corrected chi connectivity index (χ2v) is 8.47. The van der Waals surface area contributed by atoms with E-state index in [0.29, 0.717) is 24.4 Å². The molecule has 1 heterocycles. The van der Waals surface area contributed by atoms with Gasteiger partial charge in [0.15, 0.2) is 0 Å². The van der Waals surface area contributed by atoms with E-state index in [1.54, 1.807) is 6.07 Å². The molecule has 0 bridgehead atoms. The minimum absolute atomic E-state index is 0.141. The predicted octanol–water partition coefficient (Wildman–Crippen LogP) is 5.07. The van der Waals surface area contributed by atoms with Crippen LogP contribution in [-0.4, -0.2) is 35.7 Å². The number of benzene rings is 2. The molecule has 6 heteroatoms. The quantitative estimate of drug-likeness (QED) is 0.698. The topological polar surface area (TPSA) is 66.8 Å². The zero-order chi connectivity index (χ0) is 21.3. The number of rotatable bonds is 5. The summed E-state index contributed by atoms with van der Waals surface area (Å²) in [5.41, 5.74) is 1.95. The van der Waals surface area contributed by atoms with E-state index in [1.807, 2.05) is 18.2 Å². The first kappa shape index (κ1) is 20.4. The lowest BCUT2D eigenvalue weighted by Crippen LogP contribution is -2.42. The van der Waals surface area contributed by atoms with Crippen LogP contribution in [0.3, 0.4) is 0 Å². The van der Waals surface area contributed by atoms with Crippen LogP contribution in [0.25, 0.3) is 0 Å². The van der Waals surface area contributed by atoms with Gasteiger partial charge in [0.2, 0.25) is 0 Å². The third-order valence-corrected chi connectivity index (χ3v) is 6.79. The summed E-state index contributed by atoms with van der Waals surface area (Å²) in [6.45, 7) is 0.432. The Kier molecular flexibility index (Phi) is 5.50. The van der Waals surface area contributed by atoms with Gasteiger partial charge >= 0.3 is 12.1 Å². The summed E-state index contributed by atoms with van der Waals surface area (Å²) in [6.07, 6.45) is 3.76. The SMILES string of the molecule is COC(=O)c1ccc([C@@H]2C[C@H](C3(Cc4ccccc4)CC3)CCN2C(=O)O)cc1F. The highest BCUT2D eigenvalue weighted by Gasteiger charge is 2.51. The van der Waals surface area contributed by atoms with Gasteiger partial charge in [0, 0.05) is 6.54 Å². The Morgan fingerprint density at radius 3 is 2.53 bits per heavy atom. The number of nitrogens with zero attached hydrogens (tertiary/aromatic N) is 1. The first-order valence-corrected chi connectivity index (χ1v) is 10.3. The molecule has 1 saturated carbocycles. The number of halogens is 1. The maximum atomic E-state index is 14.5. The molecule has 2 atom stereocenters. The second-order valence-electron chi connectivity index (χ2n) is 8.47.